The fraction of sp³-hybridized carbons (Fsp3) is 0.708. The van der Waals surface area contributed by atoms with Gasteiger partial charge in [-0.3, -0.25) is 4.79 Å². The van der Waals surface area contributed by atoms with Gasteiger partial charge in [0.15, 0.2) is 0 Å². The number of hydrogen-bond donors (Lipinski definition) is 0. The van der Waals surface area contributed by atoms with Gasteiger partial charge in [-0.2, -0.15) is 8.78 Å². The minimum atomic E-state index is -5.36. The van der Waals surface area contributed by atoms with Crippen LogP contribution in [0.1, 0.15) is 82.6 Å². The van der Waals surface area contributed by atoms with Gasteiger partial charge in [0.25, 0.3) is 0 Å². The summed E-state index contributed by atoms with van der Waals surface area (Å²) >= 11 is 0. The van der Waals surface area contributed by atoms with E-state index in [1.54, 1.807) is 24.3 Å². The maximum absolute atomic E-state index is 13.7. The van der Waals surface area contributed by atoms with Gasteiger partial charge in [0.1, 0.15) is 5.75 Å². The minimum Gasteiger partial charge on any atom is -0.426 e. The molecule has 0 atom stereocenters. The number of halogens is 5. The number of alkyl halides is 5. The normalized spacial score (nSPS) is 27.2. The van der Waals surface area contributed by atoms with E-state index in [-0.39, 0.29) is 30.6 Å². The molecule has 2 aliphatic rings. The predicted molar refractivity (Wildman–Crippen MR) is 109 cm³/mol. The summed E-state index contributed by atoms with van der Waals surface area (Å²) in [6.45, 7) is 2.17. The Morgan fingerprint density at radius 2 is 1.50 bits per heavy atom. The Labute approximate surface area is 185 Å². The van der Waals surface area contributed by atoms with Crippen molar-refractivity contribution < 1.29 is 36.2 Å². The molecular weight excluding hydrogens is 431 g/mol. The van der Waals surface area contributed by atoms with Crippen LogP contribution in [0, 0.1) is 17.8 Å². The second kappa shape index (κ2) is 10.5. The maximum Gasteiger partial charge on any atom is 0.527 e. The number of carbonyl (C=O) groups excluding carboxylic acids is 1. The number of hydrogen-bond acceptors (Lipinski definition) is 3. The fourth-order valence-corrected chi connectivity index (χ4v) is 5.10. The molecule has 1 aromatic carbocycles. The summed E-state index contributed by atoms with van der Waals surface area (Å²) < 4.78 is 72.7. The molecule has 2 saturated carbocycles. The van der Waals surface area contributed by atoms with Crippen LogP contribution < -0.4 is 4.74 Å². The highest BCUT2D eigenvalue weighted by Gasteiger charge is 2.50. The van der Waals surface area contributed by atoms with Crippen LogP contribution in [-0.2, 0) is 9.53 Å². The van der Waals surface area contributed by atoms with Crippen molar-refractivity contribution >= 4 is 5.97 Å². The molecule has 3 nitrogen and oxygen atoms in total. The lowest BCUT2D eigenvalue weighted by Gasteiger charge is -2.33. The average molecular weight is 462 g/mol. The predicted octanol–water partition coefficient (Wildman–Crippen LogP) is 7.60. The standard InChI is InChI=1S/C24H31F5O3/c1-2-3-16-4-6-19(7-5-16)22(30)31-21-14-10-18(11-15-21)17-8-12-20(13-9-17)23(25,26)32-24(27,28)29/h10-11,14-17,19-20H,2-9,12-13H2,1H3. The van der Waals surface area contributed by atoms with E-state index in [1.165, 1.54) is 6.42 Å². The molecule has 0 aromatic heterocycles. The quantitative estimate of drug-likeness (QED) is 0.238. The number of benzene rings is 1. The zero-order valence-corrected chi connectivity index (χ0v) is 18.3. The molecule has 3 rings (SSSR count). The second-order valence-electron chi connectivity index (χ2n) is 9.15. The van der Waals surface area contributed by atoms with E-state index in [0.717, 1.165) is 37.7 Å². The molecule has 2 aliphatic carbocycles. The highest BCUT2D eigenvalue weighted by molar-refractivity contribution is 5.75. The van der Waals surface area contributed by atoms with E-state index >= 15 is 0 Å². The Morgan fingerprint density at radius 1 is 0.906 bits per heavy atom. The Morgan fingerprint density at radius 3 is 2.03 bits per heavy atom. The fourth-order valence-electron chi connectivity index (χ4n) is 5.10. The van der Waals surface area contributed by atoms with Gasteiger partial charge >= 0.3 is 18.4 Å². The molecule has 0 saturated heterocycles. The first kappa shape index (κ1) is 24.9. The Bertz CT molecular complexity index is 731. The lowest BCUT2D eigenvalue weighted by atomic mass is 9.78. The summed E-state index contributed by atoms with van der Waals surface area (Å²) in [5, 5.41) is 0. The maximum atomic E-state index is 13.7. The third kappa shape index (κ3) is 6.90. The monoisotopic (exact) mass is 462 g/mol. The molecule has 0 heterocycles. The van der Waals surface area contributed by atoms with Crippen LogP contribution in [0.5, 0.6) is 5.75 Å². The third-order valence-electron chi connectivity index (χ3n) is 6.90. The number of esters is 1. The second-order valence-corrected chi connectivity index (χ2v) is 9.15. The van der Waals surface area contributed by atoms with Crippen molar-refractivity contribution in [3.05, 3.63) is 29.8 Å². The molecule has 0 spiro atoms. The van der Waals surface area contributed by atoms with Gasteiger partial charge in [0.05, 0.1) is 11.8 Å². The van der Waals surface area contributed by atoms with Crippen molar-refractivity contribution in [2.45, 2.75) is 89.5 Å². The van der Waals surface area contributed by atoms with E-state index < -0.39 is 18.4 Å². The van der Waals surface area contributed by atoms with Gasteiger partial charge in [-0.25, -0.2) is 4.74 Å². The van der Waals surface area contributed by atoms with Crippen LogP contribution in [0.2, 0.25) is 0 Å². The summed E-state index contributed by atoms with van der Waals surface area (Å²) in [5.74, 6) is -0.593. The zero-order valence-electron chi connectivity index (χ0n) is 18.3. The minimum absolute atomic E-state index is 0.0217. The first-order valence-electron chi connectivity index (χ1n) is 11.5. The van der Waals surface area contributed by atoms with E-state index in [0.29, 0.717) is 24.5 Å². The lowest BCUT2D eigenvalue weighted by molar-refractivity contribution is -0.438. The third-order valence-corrected chi connectivity index (χ3v) is 6.90. The van der Waals surface area contributed by atoms with Gasteiger partial charge < -0.3 is 4.74 Å². The summed E-state index contributed by atoms with van der Waals surface area (Å²) in [5.41, 5.74) is 0.906. The summed E-state index contributed by atoms with van der Waals surface area (Å²) in [6.07, 6.45) is -2.78. The van der Waals surface area contributed by atoms with Gasteiger partial charge in [-0.1, -0.05) is 31.9 Å². The van der Waals surface area contributed by atoms with E-state index in [9.17, 15) is 26.7 Å². The van der Waals surface area contributed by atoms with Crippen molar-refractivity contribution in [1.82, 2.24) is 0 Å². The van der Waals surface area contributed by atoms with E-state index in [4.69, 9.17) is 4.74 Å². The molecule has 32 heavy (non-hydrogen) atoms. The molecule has 0 bridgehead atoms. The Balaban J connectivity index is 1.47. The Hall–Kier alpha value is -1.70. The first-order chi connectivity index (χ1) is 15.1. The van der Waals surface area contributed by atoms with Crippen LogP contribution in [0.3, 0.4) is 0 Å². The molecule has 2 fully saturated rings. The molecule has 0 radical (unpaired) electrons. The van der Waals surface area contributed by atoms with Gasteiger partial charge in [0.2, 0.25) is 0 Å². The van der Waals surface area contributed by atoms with Crippen molar-refractivity contribution in [2.24, 2.45) is 17.8 Å². The van der Waals surface area contributed by atoms with Crippen molar-refractivity contribution in [1.29, 1.82) is 0 Å². The van der Waals surface area contributed by atoms with Gasteiger partial charge in [0, 0.05) is 0 Å². The molecule has 180 valence electrons. The summed E-state index contributed by atoms with van der Waals surface area (Å²) in [4.78, 5) is 12.5. The van der Waals surface area contributed by atoms with E-state index in [1.807, 2.05) is 0 Å². The van der Waals surface area contributed by atoms with Crippen LogP contribution in [0.25, 0.3) is 0 Å². The molecule has 8 heteroatoms. The molecule has 0 aliphatic heterocycles. The van der Waals surface area contributed by atoms with Gasteiger partial charge in [-0.05, 0) is 80.9 Å². The van der Waals surface area contributed by atoms with Crippen molar-refractivity contribution in [3.8, 4) is 5.75 Å². The zero-order chi connectivity index (χ0) is 23.4. The van der Waals surface area contributed by atoms with Crippen LogP contribution >= 0.6 is 0 Å². The molecule has 0 amide bonds. The SMILES string of the molecule is CCCC1CCC(C(=O)Oc2ccc(C3CCC(C(F)(F)OC(F)(F)F)CC3)cc2)CC1. The van der Waals surface area contributed by atoms with Gasteiger partial charge in [-0.15, -0.1) is 13.2 Å². The van der Waals surface area contributed by atoms with Crippen LogP contribution in [0.15, 0.2) is 24.3 Å². The summed E-state index contributed by atoms with van der Waals surface area (Å²) in [7, 11) is 0. The number of carbonyl (C=O) groups is 1. The van der Waals surface area contributed by atoms with Crippen LogP contribution in [-0.4, -0.2) is 18.4 Å². The number of rotatable bonds is 7. The highest BCUT2D eigenvalue weighted by atomic mass is 19.4. The molecule has 0 N–H and O–H groups in total. The smallest absolute Gasteiger partial charge is 0.426 e. The van der Waals surface area contributed by atoms with Crippen LogP contribution in [0.4, 0.5) is 22.0 Å². The molecule has 1 aromatic rings. The van der Waals surface area contributed by atoms with Crippen molar-refractivity contribution in [3.63, 3.8) is 0 Å². The average Bonchev–Trinajstić information content (AvgIpc) is 2.73. The highest BCUT2D eigenvalue weighted by Crippen LogP contribution is 2.45. The molecule has 0 unspecified atom stereocenters. The van der Waals surface area contributed by atoms with E-state index in [2.05, 4.69) is 11.7 Å². The lowest BCUT2D eigenvalue weighted by Crippen LogP contribution is -2.38. The first-order valence-corrected chi connectivity index (χ1v) is 11.5. The Kier molecular flexibility index (Phi) is 8.17. The molecular formula is C24H31F5O3. The number of ether oxygens (including phenoxy) is 2. The summed E-state index contributed by atoms with van der Waals surface area (Å²) in [6, 6.07) is 7.00. The largest absolute Gasteiger partial charge is 0.527 e. The topological polar surface area (TPSA) is 35.5 Å². The van der Waals surface area contributed by atoms with Crippen molar-refractivity contribution in [2.75, 3.05) is 0 Å².